The zero-order chi connectivity index (χ0) is 19.8. The fourth-order valence-electron chi connectivity index (χ4n) is 3.58. The summed E-state index contributed by atoms with van der Waals surface area (Å²) in [6.45, 7) is 2.40. The quantitative estimate of drug-likeness (QED) is 0.507. The van der Waals surface area contributed by atoms with Gasteiger partial charge in [-0.05, 0) is 49.4 Å². The van der Waals surface area contributed by atoms with E-state index in [1.54, 1.807) is 7.11 Å². The minimum atomic E-state index is -0.0116. The molecule has 146 valence electrons. The van der Waals surface area contributed by atoms with E-state index in [2.05, 4.69) is 15.8 Å². The number of hydrogen-bond acceptors (Lipinski definition) is 7. The maximum Gasteiger partial charge on any atom is 0.174 e. The number of ether oxygens (including phenoxy) is 2. The van der Waals surface area contributed by atoms with Crippen molar-refractivity contribution in [3.05, 3.63) is 65.9 Å². The van der Waals surface area contributed by atoms with Crippen LogP contribution in [-0.2, 0) is 0 Å². The lowest BCUT2D eigenvalue weighted by molar-refractivity contribution is 0.339. The molecule has 0 saturated heterocycles. The number of nitrogens with zero attached hydrogens (tertiary/aromatic N) is 2. The van der Waals surface area contributed by atoms with Crippen molar-refractivity contribution >= 4 is 28.2 Å². The van der Waals surface area contributed by atoms with Crippen molar-refractivity contribution < 1.29 is 14.0 Å². The Morgan fingerprint density at radius 1 is 1.07 bits per heavy atom. The van der Waals surface area contributed by atoms with Gasteiger partial charge < -0.3 is 24.6 Å². The third kappa shape index (κ3) is 3.31. The van der Waals surface area contributed by atoms with E-state index in [-0.39, 0.29) is 6.04 Å². The molecule has 2 aromatic heterocycles. The number of fused-ring (bicyclic) bond motifs is 2. The summed E-state index contributed by atoms with van der Waals surface area (Å²) in [7, 11) is 1.67. The topological polar surface area (TPSA) is 81.4 Å². The molecule has 7 nitrogen and oxygen atoms in total. The maximum absolute atomic E-state index is 5.80. The molecule has 0 aliphatic carbocycles. The molecule has 0 saturated carbocycles. The molecule has 29 heavy (non-hydrogen) atoms. The summed E-state index contributed by atoms with van der Waals surface area (Å²) in [5, 5.41) is 11.7. The van der Waals surface area contributed by atoms with Crippen molar-refractivity contribution in [2.24, 2.45) is 0 Å². The molecule has 1 aliphatic rings. The van der Waals surface area contributed by atoms with E-state index in [4.69, 9.17) is 19.0 Å². The summed E-state index contributed by atoms with van der Waals surface area (Å²) in [6, 6.07) is 17.7. The largest absolute Gasteiger partial charge is 0.496 e. The molecular weight excluding hydrogens is 368 g/mol. The maximum atomic E-state index is 5.80. The number of aromatic nitrogens is 2. The van der Waals surface area contributed by atoms with Crippen molar-refractivity contribution in [1.82, 2.24) is 10.1 Å². The van der Waals surface area contributed by atoms with Gasteiger partial charge in [0.25, 0.3) is 0 Å². The molecule has 1 aliphatic heterocycles. The average molecular weight is 388 g/mol. The number of benzene rings is 2. The zero-order valence-corrected chi connectivity index (χ0v) is 16.1. The van der Waals surface area contributed by atoms with Gasteiger partial charge in [0.15, 0.2) is 5.82 Å². The number of nitrogens with one attached hydrogen (secondary N) is 2. The molecule has 0 radical (unpaired) electrons. The predicted molar refractivity (Wildman–Crippen MR) is 111 cm³/mol. The van der Waals surface area contributed by atoms with Gasteiger partial charge in [0.05, 0.1) is 24.2 Å². The fraction of sp³-hybridized carbons (Fsp3) is 0.182. The van der Waals surface area contributed by atoms with E-state index in [1.165, 1.54) is 0 Å². The van der Waals surface area contributed by atoms with Gasteiger partial charge in [-0.25, -0.2) is 4.98 Å². The highest BCUT2D eigenvalue weighted by molar-refractivity contribution is 5.84. The van der Waals surface area contributed by atoms with E-state index in [9.17, 15) is 0 Å². The number of methoxy groups -OCH3 is 1. The Hall–Kier alpha value is -3.74. The molecule has 3 heterocycles. The van der Waals surface area contributed by atoms with E-state index in [0.717, 1.165) is 45.2 Å². The Bertz CT molecular complexity index is 1190. The molecule has 1 unspecified atom stereocenters. The van der Waals surface area contributed by atoms with Gasteiger partial charge in [0.1, 0.15) is 29.7 Å². The van der Waals surface area contributed by atoms with Crippen LogP contribution in [0.15, 0.2) is 59.1 Å². The lowest BCUT2D eigenvalue weighted by Crippen LogP contribution is -2.13. The minimum absolute atomic E-state index is 0.0116. The van der Waals surface area contributed by atoms with Gasteiger partial charge in [-0.3, -0.25) is 0 Å². The monoisotopic (exact) mass is 388 g/mol. The fourth-order valence-corrected chi connectivity index (χ4v) is 3.58. The lowest BCUT2D eigenvalue weighted by atomic mass is 10.1. The first kappa shape index (κ1) is 17.4. The van der Waals surface area contributed by atoms with Crippen LogP contribution in [0.25, 0.3) is 10.9 Å². The van der Waals surface area contributed by atoms with E-state index in [0.29, 0.717) is 12.4 Å². The predicted octanol–water partition coefficient (Wildman–Crippen LogP) is 4.83. The van der Waals surface area contributed by atoms with Crippen LogP contribution in [0.5, 0.6) is 11.5 Å². The molecule has 0 bridgehead atoms. The normalized spacial score (nSPS) is 15.0. The summed E-state index contributed by atoms with van der Waals surface area (Å²) >= 11 is 0. The van der Waals surface area contributed by atoms with Crippen molar-refractivity contribution in [2.75, 3.05) is 24.4 Å². The number of rotatable bonds is 5. The first-order valence-corrected chi connectivity index (χ1v) is 9.37. The second-order valence-electron chi connectivity index (χ2n) is 6.93. The second-order valence-corrected chi connectivity index (χ2v) is 6.93. The van der Waals surface area contributed by atoms with Gasteiger partial charge in [0.2, 0.25) is 0 Å². The minimum Gasteiger partial charge on any atom is -0.496 e. The summed E-state index contributed by atoms with van der Waals surface area (Å²) < 4.78 is 16.4. The second kappa shape index (κ2) is 7.01. The Kier molecular flexibility index (Phi) is 4.20. The first-order valence-electron chi connectivity index (χ1n) is 9.37. The summed E-state index contributed by atoms with van der Waals surface area (Å²) in [6.07, 6.45) is 0. The molecule has 0 fully saturated rings. The molecular formula is C22H20N4O3. The molecule has 2 N–H and O–H groups in total. The smallest absolute Gasteiger partial charge is 0.174 e. The third-order valence-corrected chi connectivity index (χ3v) is 4.91. The van der Waals surface area contributed by atoms with Gasteiger partial charge >= 0.3 is 0 Å². The summed E-state index contributed by atoms with van der Waals surface area (Å²) in [5.41, 5.74) is 2.85. The van der Waals surface area contributed by atoms with E-state index in [1.807, 2.05) is 61.5 Å². The van der Waals surface area contributed by atoms with Crippen molar-refractivity contribution in [3.8, 4) is 11.5 Å². The van der Waals surface area contributed by atoms with Crippen LogP contribution in [0, 0.1) is 6.92 Å². The highest BCUT2D eigenvalue weighted by Gasteiger charge is 2.28. The van der Waals surface area contributed by atoms with Gasteiger partial charge in [-0.15, -0.1) is 0 Å². The number of pyridine rings is 1. The Labute approximate surface area is 167 Å². The van der Waals surface area contributed by atoms with Crippen molar-refractivity contribution in [2.45, 2.75) is 13.0 Å². The van der Waals surface area contributed by atoms with Crippen LogP contribution in [0.1, 0.15) is 17.4 Å². The number of hydrogen-bond donors (Lipinski definition) is 2. The Balaban J connectivity index is 1.38. The first-order chi connectivity index (χ1) is 14.2. The number of aryl methyl sites for hydroxylation is 1. The summed E-state index contributed by atoms with van der Waals surface area (Å²) in [5.74, 6) is 3.90. The van der Waals surface area contributed by atoms with Gasteiger partial charge in [-0.1, -0.05) is 11.2 Å². The molecule has 7 heteroatoms. The van der Waals surface area contributed by atoms with Crippen LogP contribution in [0.2, 0.25) is 0 Å². The van der Waals surface area contributed by atoms with Crippen molar-refractivity contribution in [1.29, 1.82) is 0 Å². The molecule has 1 atom stereocenters. The Morgan fingerprint density at radius 2 is 2.00 bits per heavy atom. The average Bonchev–Trinajstić information content (AvgIpc) is 3.34. The highest BCUT2D eigenvalue weighted by Crippen LogP contribution is 2.40. The standard InChI is InChI=1S/C22H20N4O3/c1-13-10-21(26-29-13)23-15-7-8-16-14(11-15)6-9-20(24-16)25-17-12-28-19-5-3-4-18(27-2)22(17)19/h3-11,17H,12H2,1-2H3,(H,23,26)(H,24,25). The summed E-state index contributed by atoms with van der Waals surface area (Å²) in [4.78, 5) is 4.75. The zero-order valence-electron chi connectivity index (χ0n) is 16.1. The number of anilines is 3. The van der Waals surface area contributed by atoms with Crippen LogP contribution in [0.3, 0.4) is 0 Å². The van der Waals surface area contributed by atoms with Crippen molar-refractivity contribution in [3.63, 3.8) is 0 Å². The van der Waals surface area contributed by atoms with Crippen LogP contribution < -0.4 is 20.1 Å². The van der Waals surface area contributed by atoms with Crippen LogP contribution in [0.4, 0.5) is 17.3 Å². The van der Waals surface area contributed by atoms with Gasteiger partial charge in [0, 0.05) is 17.1 Å². The molecule has 5 rings (SSSR count). The molecule has 4 aromatic rings. The lowest BCUT2D eigenvalue weighted by Gasteiger charge is -2.15. The third-order valence-electron chi connectivity index (χ3n) is 4.91. The van der Waals surface area contributed by atoms with E-state index < -0.39 is 0 Å². The van der Waals surface area contributed by atoms with Crippen LogP contribution >= 0.6 is 0 Å². The van der Waals surface area contributed by atoms with Gasteiger partial charge in [-0.2, -0.15) is 0 Å². The molecule has 2 aromatic carbocycles. The Morgan fingerprint density at radius 3 is 2.83 bits per heavy atom. The molecule has 0 amide bonds. The van der Waals surface area contributed by atoms with E-state index >= 15 is 0 Å². The highest BCUT2D eigenvalue weighted by atomic mass is 16.5. The SMILES string of the molecule is COc1cccc2c1C(Nc1ccc3cc(Nc4cc(C)on4)ccc3n1)CO2. The van der Waals surface area contributed by atoms with Crippen LogP contribution in [-0.4, -0.2) is 23.9 Å². The molecule has 0 spiro atoms.